The van der Waals surface area contributed by atoms with E-state index in [1.165, 1.54) is 6.07 Å². The van der Waals surface area contributed by atoms with Crippen molar-refractivity contribution < 1.29 is 27.2 Å². The zero-order valence-corrected chi connectivity index (χ0v) is 21.6. The molecule has 4 bridgehead atoms. The van der Waals surface area contributed by atoms with Crippen molar-refractivity contribution in [1.82, 2.24) is 15.2 Å². The highest BCUT2D eigenvalue weighted by molar-refractivity contribution is 9.10. The number of hydrogen-bond donors (Lipinski definition) is 0. The van der Waals surface area contributed by atoms with E-state index in [9.17, 15) is 23.3 Å². The van der Waals surface area contributed by atoms with E-state index in [0.717, 1.165) is 12.8 Å². The van der Waals surface area contributed by atoms with Gasteiger partial charge in [-0.2, -0.15) is 13.2 Å². The van der Waals surface area contributed by atoms with Gasteiger partial charge in [0, 0.05) is 18.7 Å². The van der Waals surface area contributed by atoms with Crippen molar-refractivity contribution >= 4 is 27.4 Å². The summed E-state index contributed by atoms with van der Waals surface area (Å²) in [5.74, 6) is -0.887. The topological polar surface area (TPSA) is 107 Å². The molecule has 1 saturated heterocycles. The third-order valence-corrected chi connectivity index (χ3v) is 7.36. The van der Waals surface area contributed by atoms with Crippen molar-refractivity contribution in [3.05, 3.63) is 74.6 Å². The molecular formula is C25H23BrF3N5O4. The highest BCUT2D eigenvalue weighted by Gasteiger charge is 2.61. The molecule has 5 rings (SSSR count). The van der Waals surface area contributed by atoms with Crippen LogP contribution in [0.25, 0.3) is 11.6 Å². The second-order valence-corrected chi connectivity index (χ2v) is 10.0. The van der Waals surface area contributed by atoms with E-state index >= 15 is 0 Å². The average Bonchev–Trinajstić information content (AvgIpc) is 3.55. The summed E-state index contributed by atoms with van der Waals surface area (Å²) in [5, 5.41) is 19.4. The molecule has 0 amide bonds. The van der Waals surface area contributed by atoms with E-state index in [-0.39, 0.29) is 24.8 Å². The molecule has 38 heavy (non-hydrogen) atoms. The number of aromatic nitrogens is 3. The highest BCUT2D eigenvalue weighted by atomic mass is 79.9. The van der Waals surface area contributed by atoms with E-state index in [1.807, 2.05) is 11.0 Å². The van der Waals surface area contributed by atoms with Crippen LogP contribution in [0.4, 0.5) is 24.7 Å². The maximum Gasteiger partial charge on any atom is 0.426 e. The number of hydrogen-bond acceptors (Lipinski definition) is 8. The van der Waals surface area contributed by atoms with Gasteiger partial charge >= 0.3 is 11.9 Å². The molecule has 1 unspecified atom stereocenters. The maximum absolute atomic E-state index is 14.8. The quantitative estimate of drug-likeness (QED) is 0.192. The molecule has 1 aromatic carbocycles. The first-order chi connectivity index (χ1) is 18.2. The van der Waals surface area contributed by atoms with E-state index in [1.54, 1.807) is 36.4 Å². The number of benzene rings is 1. The molecule has 1 fully saturated rings. The van der Waals surface area contributed by atoms with Crippen LogP contribution in [0.15, 0.2) is 57.4 Å². The molecule has 3 aromatic rings. The minimum absolute atomic E-state index is 0.0339. The summed E-state index contributed by atoms with van der Waals surface area (Å²) in [6.45, 7) is 0.320. The summed E-state index contributed by atoms with van der Waals surface area (Å²) in [4.78, 5) is 17.7. The Balaban J connectivity index is 1.66. The van der Waals surface area contributed by atoms with E-state index < -0.39 is 40.6 Å². The van der Waals surface area contributed by atoms with E-state index in [2.05, 4.69) is 31.1 Å². The molecule has 0 aliphatic carbocycles. The fourth-order valence-corrected chi connectivity index (χ4v) is 5.37. The Hall–Kier alpha value is -3.32. The molecule has 2 atom stereocenters. The van der Waals surface area contributed by atoms with Gasteiger partial charge in [0.05, 0.1) is 16.0 Å². The minimum atomic E-state index is -4.93. The third-order valence-electron chi connectivity index (χ3n) is 6.78. The van der Waals surface area contributed by atoms with Gasteiger partial charge in [-0.25, -0.2) is 4.98 Å². The van der Waals surface area contributed by atoms with Crippen LogP contribution in [0, 0.1) is 10.1 Å². The van der Waals surface area contributed by atoms with Crippen LogP contribution in [0.2, 0.25) is 0 Å². The van der Waals surface area contributed by atoms with Gasteiger partial charge in [-0.15, -0.1) is 10.2 Å². The number of fused-ring (bicyclic) bond motifs is 7. The number of allylic oxidation sites excluding steroid dienone is 1. The van der Waals surface area contributed by atoms with Crippen LogP contribution in [0.5, 0.6) is 0 Å². The van der Waals surface area contributed by atoms with Gasteiger partial charge < -0.3 is 14.1 Å². The van der Waals surface area contributed by atoms with Crippen molar-refractivity contribution in [3.8, 4) is 11.6 Å². The minimum Gasteiger partial charge on any atom is -0.415 e. The number of alkyl halides is 3. The van der Waals surface area contributed by atoms with Crippen LogP contribution < -0.4 is 4.90 Å². The van der Waals surface area contributed by atoms with Crippen molar-refractivity contribution in [3.63, 3.8) is 0 Å². The average molecular weight is 594 g/mol. The first-order valence-electron chi connectivity index (χ1n) is 12.0. The fraction of sp³-hybridized carbons (Fsp3) is 0.400. The molecule has 0 radical (unpaired) electrons. The standard InChI is InChI=1S/C25H23BrF3N5O4/c26-18-14-19(34(35)36)20-22-31-32-23(38-22)24(25(27,28)29,37-15-16-8-3-1-4-9-16)12-6-2-5-10-17-11-7-13-33(17)21(18)30-20/h1-5,8-9,14,17H,6-7,10-13,15H2/b5-2-/t17-,24?/m1/s1. The summed E-state index contributed by atoms with van der Waals surface area (Å²) >= 11 is 3.38. The van der Waals surface area contributed by atoms with Gasteiger partial charge in [-0.3, -0.25) is 10.1 Å². The van der Waals surface area contributed by atoms with Crippen LogP contribution in [0.3, 0.4) is 0 Å². The molecule has 200 valence electrons. The van der Waals surface area contributed by atoms with Crippen LogP contribution in [-0.2, 0) is 16.9 Å². The molecule has 4 heterocycles. The molecule has 0 spiro atoms. The monoisotopic (exact) mass is 593 g/mol. The normalized spacial score (nSPS) is 22.5. The molecule has 0 saturated carbocycles. The Morgan fingerprint density at radius 1 is 1.24 bits per heavy atom. The molecule has 0 N–H and O–H groups in total. The Labute approximate surface area is 224 Å². The lowest BCUT2D eigenvalue weighted by Gasteiger charge is -2.32. The van der Waals surface area contributed by atoms with Crippen LogP contribution >= 0.6 is 15.9 Å². The number of pyridine rings is 1. The molecule has 2 aromatic heterocycles. The van der Waals surface area contributed by atoms with Crippen molar-refractivity contribution in [1.29, 1.82) is 0 Å². The Bertz CT molecular complexity index is 1350. The van der Waals surface area contributed by atoms with Gasteiger partial charge in [0.15, 0.2) is 0 Å². The van der Waals surface area contributed by atoms with Crippen molar-refractivity contribution in [2.75, 3.05) is 11.4 Å². The van der Waals surface area contributed by atoms with Gasteiger partial charge in [0.2, 0.25) is 11.3 Å². The number of rotatable bonds is 4. The van der Waals surface area contributed by atoms with E-state index in [4.69, 9.17) is 9.15 Å². The van der Waals surface area contributed by atoms with Crippen molar-refractivity contribution in [2.45, 2.75) is 56.5 Å². The maximum atomic E-state index is 14.8. The lowest BCUT2D eigenvalue weighted by Crippen LogP contribution is -2.45. The van der Waals surface area contributed by atoms with Crippen LogP contribution in [0.1, 0.15) is 43.6 Å². The second kappa shape index (κ2) is 10.4. The number of ether oxygens (including phenoxy) is 1. The van der Waals surface area contributed by atoms with Gasteiger partial charge in [0.1, 0.15) is 5.82 Å². The Morgan fingerprint density at radius 3 is 2.76 bits per heavy atom. The smallest absolute Gasteiger partial charge is 0.415 e. The first-order valence-corrected chi connectivity index (χ1v) is 12.8. The molecular weight excluding hydrogens is 571 g/mol. The predicted octanol–water partition coefficient (Wildman–Crippen LogP) is 6.49. The van der Waals surface area contributed by atoms with Gasteiger partial charge in [-0.1, -0.05) is 42.5 Å². The fourth-order valence-electron chi connectivity index (χ4n) is 4.83. The Kier molecular flexibility index (Phi) is 7.23. The summed E-state index contributed by atoms with van der Waals surface area (Å²) in [6, 6.07) is 9.74. The summed E-state index contributed by atoms with van der Waals surface area (Å²) in [7, 11) is 0. The first kappa shape index (κ1) is 26.3. The predicted molar refractivity (Wildman–Crippen MR) is 134 cm³/mol. The number of anilines is 1. The summed E-state index contributed by atoms with van der Waals surface area (Å²) < 4.78 is 55.9. The number of halogens is 4. The third kappa shape index (κ3) is 4.92. The zero-order chi connectivity index (χ0) is 26.9. The van der Waals surface area contributed by atoms with E-state index in [0.29, 0.717) is 28.8 Å². The summed E-state index contributed by atoms with van der Waals surface area (Å²) in [5.41, 5.74) is -3.18. The molecule has 2 aliphatic rings. The largest absolute Gasteiger partial charge is 0.426 e. The Morgan fingerprint density at radius 2 is 2.03 bits per heavy atom. The lowest BCUT2D eigenvalue weighted by molar-refractivity contribution is -0.384. The molecule has 13 heteroatoms. The SMILES string of the molecule is O=[N+]([O-])c1cc(Br)c2nc1-c1nnc(o1)C(OCc1ccccc1)(C(F)(F)F)CC/C=C\C[C@@H]1CCCN21. The number of nitrogens with zero attached hydrogens (tertiary/aromatic N) is 5. The second-order valence-electron chi connectivity index (χ2n) is 9.17. The number of nitro groups is 1. The summed E-state index contributed by atoms with van der Waals surface area (Å²) in [6.07, 6.45) is 0.466. The zero-order valence-electron chi connectivity index (χ0n) is 20.0. The van der Waals surface area contributed by atoms with Gasteiger partial charge in [0.25, 0.3) is 11.8 Å². The molecule has 2 aliphatic heterocycles. The molecule has 9 nitrogen and oxygen atoms in total. The van der Waals surface area contributed by atoms with Crippen molar-refractivity contribution in [2.24, 2.45) is 0 Å². The van der Waals surface area contributed by atoms with Gasteiger partial charge in [-0.05, 0) is 53.6 Å². The lowest BCUT2D eigenvalue weighted by atomic mass is 9.95. The highest BCUT2D eigenvalue weighted by Crippen LogP contribution is 2.47. The van der Waals surface area contributed by atoms with Crippen LogP contribution in [-0.4, -0.2) is 38.9 Å².